The highest BCUT2D eigenvalue weighted by molar-refractivity contribution is 6.74. The number of unbranched alkanes of at least 4 members (excludes halogenated alkanes) is 2. The van der Waals surface area contributed by atoms with Crippen LogP contribution in [0.15, 0.2) is 0 Å². The van der Waals surface area contributed by atoms with Crippen molar-refractivity contribution in [2.75, 3.05) is 13.7 Å². The highest BCUT2D eigenvalue weighted by atomic mass is 28.4. The standard InChI is InChI=1S/C16H30O4Si/c1-8-14(20-15(17)18-5)12-10-9-11-13-19-21(6,7)16(2,3)4/h1,14H,9-13H2,2-7H3. The second kappa shape index (κ2) is 9.11. The first-order valence-corrected chi connectivity index (χ1v) is 10.4. The fraction of sp³-hybridized carbons (Fsp3) is 0.812. The molecule has 0 aromatic rings. The molecular formula is C16H30O4Si. The molecule has 0 N–H and O–H groups in total. The first-order valence-electron chi connectivity index (χ1n) is 7.48. The lowest BCUT2D eigenvalue weighted by atomic mass is 10.1. The predicted molar refractivity (Wildman–Crippen MR) is 87.7 cm³/mol. The van der Waals surface area contributed by atoms with Gasteiger partial charge in [-0.3, -0.25) is 0 Å². The first kappa shape index (κ1) is 20.0. The van der Waals surface area contributed by atoms with Crippen LogP contribution in [-0.2, 0) is 13.9 Å². The van der Waals surface area contributed by atoms with Gasteiger partial charge in [-0.25, -0.2) is 4.79 Å². The van der Waals surface area contributed by atoms with Crippen molar-refractivity contribution in [1.82, 2.24) is 0 Å². The van der Waals surface area contributed by atoms with Crippen molar-refractivity contribution in [2.45, 2.75) is 70.7 Å². The molecule has 0 bridgehead atoms. The SMILES string of the molecule is C#CC(CCCCCO[Si](C)(C)C(C)(C)C)OC(=O)OC. The summed E-state index contributed by atoms with van der Waals surface area (Å²) in [5.74, 6) is 2.45. The number of hydrogen-bond donors (Lipinski definition) is 0. The first-order chi connectivity index (χ1) is 9.64. The normalized spacial score (nSPS) is 13.4. The summed E-state index contributed by atoms with van der Waals surface area (Å²) in [5.41, 5.74) is 0. The van der Waals surface area contributed by atoms with Crippen molar-refractivity contribution < 1.29 is 18.7 Å². The lowest BCUT2D eigenvalue weighted by molar-refractivity contribution is 0.0520. The van der Waals surface area contributed by atoms with Crippen LogP contribution in [0.25, 0.3) is 0 Å². The number of carbonyl (C=O) groups is 1. The highest BCUT2D eigenvalue weighted by Crippen LogP contribution is 2.36. The summed E-state index contributed by atoms with van der Waals surface area (Å²) in [7, 11) is -0.367. The third kappa shape index (κ3) is 8.13. The number of methoxy groups -OCH3 is 1. The molecule has 0 aliphatic rings. The maximum Gasteiger partial charge on any atom is 0.509 e. The number of rotatable bonds is 8. The highest BCUT2D eigenvalue weighted by Gasteiger charge is 2.36. The topological polar surface area (TPSA) is 44.8 Å². The largest absolute Gasteiger partial charge is 0.509 e. The van der Waals surface area contributed by atoms with Gasteiger partial charge < -0.3 is 13.9 Å². The van der Waals surface area contributed by atoms with Gasteiger partial charge in [0.15, 0.2) is 14.4 Å². The van der Waals surface area contributed by atoms with E-state index in [2.05, 4.69) is 44.5 Å². The van der Waals surface area contributed by atoms with Crippen molar-refractivity contribution in [3.05, 3.63) is 0 Å². The Morgan fingerprint density at radius 2 is 1.86 bits per heavy atom. The number of carbonyl (C=O) groups excluding carboxylic acids is 1. The maximum absolute atomic E-state index is 11.0. The van der Waals surface area contributed by atoms with E-state index in [-0.39, 0.29) is 5.04 Å². The molecule has 5 heteroatoms. The minimum absolute atomic E-state index is 0.246. The van der Waals surface area contributed by atoms with Crippen molar-refractivity contribution >= 4 is 14.5 Å². The Labute approximate surface area is 130 Å². The predicted octanol–water partition coefficient (Wildman–Crippen LogP) is 4.35. The lowest BCUT2D eigenvalue weighted by Crippen LogP contribution is -2.40. The molecule has 0 aliphatic carbocycles. The van der Waals surface area contributed by atoms with Crippen molar-refractivity contribution in [1.29, 1.82) is 0 Å². The summed E-state index contributed by atoms with van der Waals surface area (Å²) < 4.78 is 15.5. The van der Waals surface area contributed by atoms with Gasteiger partial charge in [0.05, 0.1) is 7.11 Å². The van der Waals surface area contributed by atoms with Crippen LogP contribution < -0.4 is 0 Å². The van der Waals surface area contributed by atoms with Gasteiger partial charge >= 0.3 is 6.16 Å². The summed E-state index contributed by atoms with van der Waals surface area (Å²) in [5, 5.41) is 0.246. The zero-order valence-corrected chi connectivity index (χ0v) is 15.3. The molecule has 0 aromatic carbocycles. The summed E-state index contributed by atoms with van der Waals surface area (Å²) in [6, 6.07) is 0. The van der Waals surface area contributed by atoms with Crippen LogP contribution in [0.5, 0.6) is 0 Å². The molecule has 0 saturated carbocycles. The third-order valence-electron chi connectivity index (χ3n) is 3.97. The average molecular weight is 314 g/mol. The van der Waals surface area contributed by atoms with E-state index in [0.29, 0.717) is 6.42 Å². The Kier molecular flexibility index (Phi) is 8.68. The van der Waals surface area contributed by atoms with Gasteiger partial charge in [-0.1, -0.05) is 33.1 Å². The molecule has 1 atom stereocenters. The van der Waals surface area contributed by atoms with Crippen molar-refractivity contribution in [3.8, 4) is 12.3 Å². The molecule has 0 heterocycles. The molecule has 21 heavy (non-hydrogen) atoms. The van der Waals surface area contributed by atoms with Gasteiger partial charge in [0, 0.05) is 6.61 Å². The summed E-state index contributed by atoms with van der Waals surface area (Å²) in [6.45, 7) is 12.0. The van der Waals surface area contributed by atoms with Gasteiger partial charge in [0.25, 0.3) is 0 Å². The van der Waals surface area contributed by atoms with E-state index in [0.717, 1.165) is 25.9 Å². The fourth-order valence-electron chi connectivity index (χ4n) is 1.49. The Hall–Kier alpha value is -0.993. The zero-order valence-electron chi connectivity index (χ0n) is 14.3. The van der Waals surface area contributed by atoms with Crippen LogP contribution in [-0.4, -0.2) is 34.3 Å². The molecule has 0 radical (unpaired) electrons. The molecule has 0 rings (SSSR count). The van der Waals surface area contributed by atoms with E-state index < -0.39 is 20.6 Å². The molecule has 1 unspecified atom stereocenters. The molecule has 0 aliphatic heterocycles. The monoisotopic (exact) mass is 314 g/mol. The molecule has 4 nitrogen and oxygen atoms in total. The summed E-state index contributed by atoms with van der Waals surface area (Å²) in [4.78, 5) is 11.0. The van der Waals surface area contributed by atoms with E-state index in [1.54, 1.807) is 0 Å². The molecular weight excluding hydrogens is 284 g/mol. The molecule has 0 amide bonds. The van der Waals surface area contributed by atoms with E-state index >= 15 is 0 Å². The lowest BCUT2D eigenvalue weighted by Gasteiger charge is -2.36. The Balaban J connectivity index is 3.82. The van der Waals surface area contributed by atoms with Crippen molar-refractivity contribution in [3.63, 3.8) is 0 Å². The summed E-state index contributed by atoms with van der Waals surface area (Å²) >= 11 is 0. The number of terminal acetylenes is 1. The van der Waals surface area contributed by atoms with E-state index in [4.69, 9.17) is 15.6 Å². The quantitative estimate of drug-likeness (QED) is 0.289. The van der Waals surface area contributed by atoms with Crippen molar-refractivity contribution in [2.24, 2.45) is 0 Å². The van der Waals surface area contributed by atoms with E-state index in [1.807, 2.05) is 0 Å². The third-order valence-corrected chi connectivity index (χ3v) is 8.51. The molecule has 0 saturated heterocycles. The van der Waals surface area contributed by atoms with Gasteiger partial charge in [0.2, 0.25) is 0 Å². The Morgan fingerprint density at radius 1 is 1.24 bits per heavy atom. The Morgan fingerprint density at radius 3 is 2.33 bits per heavy atom. The van der Waals surface area contributed by atoms with Gasteiger partial charge in [-0.2, -0.15) is 0 Å². The smallest absolute Gasteiger partial charge is 0.438 e. The fourth-order valence-corrected chi connectivity index (χ4v) is 2.58. The minimum atomic E-state index is -1.64. The van der Waals surface area contributed by atoms with Crippen LogP contribution in [0.3, 0.4) is 0 Å². The molecule has 122 valence electrons. The maximum atomic E-state index is 11.0. The second-order valence-corrected chi connectivity index (χ2v) is 11.5. The van der Waals surface area contributed by atoms with Gasteiger partial charge in [0.1, 0.15) is 0 Å². The van der Waals surface area contributed by atoms with Crippen LogP contribution in [0, 0.1) is 12.3 Å². The molecule has 0 fully saturated rings. The molecule has 0 aromatic heterocycles. The number of ether oxygens (including phenoxy) is 2. The minimum Gasteiger partial charge on any atom is -0.438 e. The van der Waals surface area contributed by atoms with Crippen LogP contribution in [0.4, 0.5) is 4.79 Å². The number of hydrogen-bond acceptors (Lipinski definition) is 4. The Bertz CT molecular complexity index is 352. The average Bonchev–Trinajstić information content (AvgIpc) is 2.39. The van der Waals surface area contributed by atoms with Crippen LogP contribution >= 0.6 is 0 Å². The van der Waals surface area contributed by atoms with Crippen LogP contribution in [0.2, 0.25) is 18.1 Å². The second-order valence-electron chi connectivity index (χ2n) is 6.69. The zero-order chi connectivity index (χ0) is 16.5. The molecule has 0 spiro atoms. The van der Waals surface area contributed by atoms with Crippen LogP contribution in [0.1, 0.15) is 46.5 Å². The summed E-state index contributed by atoms with van der Waals surface area (Å²) in [6.07, 6.45) is 7.68. The van der Waals surface area contributed by atoms with E-state index in [1.165, 1.54) is 7.11 Å². The van der Waals surface area contributed by atoms with Gasteiger partial charge in [-0.05, 0) is 37.4 Å². The van der Waals surface area contributed by atoms with Gasteiger partial charge in [-0.15, -0.1) is 6.42 Å². The van der Waals surface area contributed by atoms with E-state index in [9.17, 15) is 4.79 Å².